The van der Waals surface area contributed by atoms with Crippen molar-refractivity contribution in [2.24, 2.45) is 0 Å². The summed E-state index contributed by atoms with van der Waals surface area (Å²) in [5, 5.41) is 19.9. The van der Waals surface area contributed by atoms with Gasteiger partial charge in [0.05, 0.1) is 16.5 Å². The summed E-state index contributed by atoms with van der Waals surface area (Å²) in [5.74, 6) is -0.845. The van der Waals surface area contributed by atoms with Gasteiger partial charge in [-0.2, -0.15) is 0 Å². The minimum absolute atomic E-state index is 0.0882. The maximum Gasteiger partial charge on any atom is 0.269 e. The number of benzene rings is 2. The van der Waals surface area contributed by atoms with E-state index in [1.165, 1.54) is 36.4 Å². The summed E-state index contributed by atoms with van der Waals surface area (Å²) in [6.45, 7) is 1.69. The van der Waals surface area contributed by atoms with Crippen LogP contribution in [0.5, 0.6) is 0 Å². The molecule has 1 atom stereocenters. The quantitative estimate of drug-likeness (QED) is 0.424. The van der Waals surface area contributed by atoms with Gasteiger partial charge in [0.15, 0.2) is 5.11 Å². The predicted octanol–water partition coefficient (Wildman–Crippen LogP) is 3.17. The number of allylic oxidation sites excluding steroid dienone is 1. The molecule has 1 aliphatic rings. The van der Waals surface area contributed by atoms with Crippen molar-refractivity contribution >= 4 is 34.6 Å². The predicted molar refractivity (Wildman–Crippen MR) is 102 cm³/mol. The third kappa shape index (κ3) is 4.09. The molecular weight excluding hydrogens is 371 g/mol. The summed E-state index contributed by atoms with van der Waals surface area (Å²) in [6.07, 6.45) is 0. The number of thiocarbonyl (C=S) groups is 1. The molecule has 1 amide bonds. The maximum atomic E-state index is 13.1. The fourth-order valence-electron chi connectivity index (χ4n) is 2.79. The van der Waals surface area contributed by atoms with E-state index >= 15 is 0 Å². The lowest BCUT2D eigenvalue weighted by Crippen LogP contribution is -2.45. The van der Waals surface area contributed by atoms with E-state index in [1.54, 1.807) is 19.1 Å². The Morgan fingerprint density at radius 2 is 1.96 bits per heavy atom. The number of carbonyl (C=O) groups excluding carboxylic acids is 1. The zero-order valence-corrected chi connectivity index (χ0v) is 15.0. The topological polar surface area (TPSA) is 96.3 Å². The summed E-state index contributed by atoms with van der Waals surface area (Å²) in [6, 6.07) is 10.7. The van der Waals surface area contributed by atoms with Gasteiger partial charge in [-0.25, -0.2) is 4.39 Å². The van der Waals surface area contributed by atoms with Crippen molar-refractivity contribution in [3.05, 3.63) is 81.3 Å². The highest BCUT2D eigenvalue weighted by molar-refractivity contribution is 7.80. The summed E-state index contributed by atoms with van der Waals surface area (Å²) >= 11 is 5.16. The maximum absolute atomic E-state index is 13.1. The number of nitrogens with zero attached hydrogens (tertiary/aromatic N) is 1. The summed E-state index contributed by atoms with van der Waals surface area (Å²) in [7, 11) is 0. The summed E-state index contributed by atoms with van der Waals surface area (Å²) in [4.78, 5) is 23.4. The van der Waals surface area contributed by atoms with E-state index in [1.807, 2.05) is 0 Å². The second-order valence-corrected chi connectivity index (χ2v) is 6.29. The first-order chi connectivity index (χ1) is 12.8. The molecule has 7 nitrogen and oxygen atoms in total. The molecule has 0 saturated heterocycles. The van der Waals surface area contributed by atoms with Crippen LogP contribution in [0.15, 0.2) is 59.8 Å². The van der Waals surface area contributed by atoms with Gasteiger partial charge in [-0.3, -0.25) is 14.9 Å². The number of non-ortho nitro benzene ring substituents is 1. The van der Waals surface area contributed by atoms with Gasteiger partial charge in [-0.1, -0.05) is 12.1 Å². The molecular formula is C18H15FN4O3S. The van der Waals surface area contributed by atoms with Gasteiger partial charge < -0.3 is 16.0 Å². The summed E-state index contributed by atoms with van der Waals surface area (Å²) < 4.78 is 13.1. The molecule has 1 aliphatic heterocycles. The molecule has 0 saturated carbocycles. The van der Waals surface area contributed by atoms with E-state index in [0.29, 0.717) is 27.6 Å². The van der Waals surface area contributed by atoms with Gasteiger partial charge in [0.1, 0.15) is 5.82 Å². The monoisotopic (exact) mass is 386 g/mol. The van der Waals surface area contributed by atoms with E-state index in [2.05, 4.69) is 16.0 Å². The number of amides is 1. The number of hydrogen-bond acceptors (Lipinski definition) is 4. The molecule has 0 spiro atoms. The van der Waals surface area contributed by atoms with Crippen LogP contribution in [-0.4, -0.2) is 15.9 Å². The van der Waals surface area contributed by atoms with Crippen molar-refractivity contribution in [1.29, 1.82) is 0 Å². The Kier molecular flexibility index (Phi) is 5.13. The smallest absolute Gasteiger partial charge is 0.269 e. The Bertz CT molecular complexity index is 959. The van der Waals surface area contributed by atoms with Crippen LogP contribution >= 0.6 is 12.2 Å². The van der Waals surface area contributed by atoms with Crippen LogP contribution in [0.3, 0.4) is 0 Å². The number of hydrogen-bond donors (Lipinski definition) is 3. The second kappa shape index (κ2) is 7.50. The second-order valence-electron chi connectivity index (χ2n) is 5.88. The summed E-state index contributed by atoms with van der Waals surface area (Å²) in [5.41, 5.74) is 1.71. The van der Waals surface area contributed by atoms with Crippen molar-refractivity contribution in [1.82, 2.24) is 10.6 Å². The number of nitro benzene ring substituents is 1. The average Bonchev–Trinajstić information content (AvgIpc) is 2.63. The van der Waals surface area contributed by atoms with Crippen LogP contribution < -0.4 is 16.0 Å². The number of nitro groups is 1. The fourth-order valence-corrected chi connectivity index (χ4v) is 3.07. The molecule has 0 unspecified atom stereocenters. The van der Waals surface area contributed by atoms with Gasteiger partial charge in [0.25, 0.3) is 11.6 Å². The molecule has 27 heavy (non-hydrogen) atoms. The lowest BCUT2D eigenvalue weighted by atomic mass is 9.94. The van der Waals surface area contributed by atoms with Crippen molar-refractivity contribution in [3.8, 4) is 0 Å². The van der Waals surface area contributed by atoms with E-state index in [0.717, 1.165) is 0 Å². The molecule has 0 radical (unpaired) electrons. The van der Waals surface area contributed by atoms with Crippen LogP contribution in [0.25, 0.3) is 0 Å². The molecule has 1 heterocycles. The van der Waals surface area contributed by atoms with E-state index < -0.39 is 22.7 Å². The first-order valence-electron chi connectivity index (χ1n) is 7.94. The van der Waals surface area contributed by atoms with Gasteiger partial charge in [0, 0.05) is 23.5 Å². The van der Waals surface area contributed by atoms with Crippen molar-refractivity contribution < 1.29 is 14.1 Å². The van der Waals surface area contributed by atoms with Crippen LogP contribution in [0, 0.1) is 15.9 Å². The Morgan fingerprint density at radius 3 is 2.63 bits per heavy atom. The molecule has 2 aromatic rings. The molecule has 0 bridgehead atoms. The number of rotatable bonds is 4. The highest BCUT2D eigenvalue weighted by Crippen LogP contribution is 2.29. The lowest BCUT2D eigenvalue weighted by Gasteiger charge is -2.30. The van der Waals surface area contributed by atoms with Crippen molar-refractivity contribution in [3.63, 3.8) is 0 Å². The Hall–Kier alpha value is -3.33. The highest BCUT2D eigenvalue weighted by atomic mass is 32.1. The van der Waals surface area contributed by atoms with E-state index in [9.17, 15) is 19.3 Å². The van der Waals surface area contributed by atoms with Gasteiger partial charge >= 0.3 is 0 Å². The van der Waals surface area contributed by atoms with Gasteiger partial charge in [-0.15, -0.1) is 0 Å². The molecule has 0 aliphatic carbocycles. The molecule has 3 rings (SSSR count). The van der Waals surface area contributed by atoms with E-state index in [-0.39, 0.29) is 5.69 Å². The Labute approximate surface area is 159 Å². The normalized spacial score (nSPS) is 16.4. The molecule has 9 heteroatoms. The molecule has 138 valence electrons. The van der Waals surface area contributed by atoms with Gasteiger partial charge in [0.2, 0.25) is 0 Å². The van der Waals surface area contributed by atoms with Crippen LogP contribution in [0.2, 0.25) is 0 Å². The largest absolute Gasteiger partial charge is 0.351 e. The van der Waals surface area contributed by atoms with Crippen LogP contribution in [0.4, 0.5) is 15.8 Å². The number of carbonyl (C=O) groups is 1. The van der Waals surface area contributed by atoms with E-state index in [4.69, 9.17) is 12.2 Å². The zero-order valence-electron chi connectivity index (χ0n) is 14.2. The first-order valence-corrected chi connectivity index (χ1v) is 8.35. The minimum Gasteiger partial charge on any atom is -0.351 e. The zero-order chi connectivity index (χ0) is 19.6. The average molecular weight is 386 g/mol. The highest BCUT2D eigenvalue weighted by Gasteiger charge is 2.30. The van der Waals surface area contributed by atoms with Crippen LogP contribution in [0.1, 0.15) is 18.5 Å². The fraction of sp³-hybridized carbons (Fsp3) is 0.111. The Morgan fingerprint density at radius 1 is 1.26 bits per heavy atom. The molecule has 0 aromatic heterocycles. The SMILES string of the molecule is CC1=C(C(=O)Nc2ccc(F)cc2)[C@H](c2cccc([N+](=O)[O-])c2)NC(=S)N1. The standard InChI is InChI=1S/C18H15FN4O3S/c1-10-15(17(24)21-13-7-5-12(19)6-8-13)16(22-18(27)20-10)11-3-2-4-14(9-11)23(25)26/h2-9,16H,1H3,(H,21,24)(H2,20,22,27)/t16-/m0/s1. The van der Waals surface area contributed by atoms with Crippen LogP contribution in [-0.2, 0) is 4.79 Å². The minimum atomic E-state index is -0.668. The third-order valence-corrected chi connectivity index (χ3v) is 4.25. The lowest BCUT2D eigenvalue weighted by molar-refractivity contribution is -0.384. The van der Waals surface area contributed by atoms with Crippen molar-refractivity contribution in [2.45, 2.75) is 13.0 Å². The molecule has 3 N–H and O–H groups in total. The first kappa shape index (κ1) is 18.5. The number of nitrogens with one attached hydrogen (secondary N) is 3. The Balaban J connectivity index is 1.96. The van der Waals surface area contributed by atoms with Gasteiger partial charge in [-0.05, 0) is 49.0 Å². The number of halogens is 1. The molecule has 2 aromatic carbocycles. The van der Waals surface area contributed by atoms with Crippen molar-refractivity contribution in [2.75, 3.05) is 5.32 Å². The number of anilines is 1. The molecule has 0 fully saturated rings. The third-order valence-electron chi connectivity index (χ3n) is 4.03.